The van der Waals surface area contributed by atoms with Crippen molar-refractivity contribution in [1.29, 1.82) is 0 Å². The SMILES string of the molecule is N[C@@H](CS)C(=O)OC(=O)C(O)CO. The van der Waals surface area contributed by atoms with Crippen LogP contribution in [0, 0.1) is 0 Å². The maximum absolute atomic E-state index is 10.8. The number of hydrogen-bond donors (Lipinski definition) is 4. The van der Waals surface area contributed by atoms with Crippen molar-refractivity contribution in [2.45, 2.75) is 12.1 Å². The Morgan fingerprint density at radius 3 is 2.38 bits per heavy atom. The second-order valence-electron chi connectivity index (χ2n) is 2.23. The highest BCUT2D eigenvalue weighted by Gasteiger charge is 2.22. The minimum atomic E-state index is -1.71. The zero-order chi connectivity index (χ0) is 10.4. The average Bonchev–Trinajstić information content (AvgIpc) is 2.14. The number of carbonyl (C=O) groups is 2. The van der Waals surface area contributed by atoms with Gasteiger partial charge in [0.25, 0.3) is 0 Å². The molecule has 2 atom stereocenters. The summed E-state index contributed by atoms with van der Waals surface area (Å²) in [5.74, 6) is -2.17. The van der Waals surface area contributed by atoms with E-state index in [1.54, 1.807) is 0 Å². The molecule has 0 radical (unpaired) electrons. The maximum atomic E-state index is 10.8. The molecule has 0 aliphatic carbocycles. The Balaban J connectivity index is 3.99. The Hall–Kier alpha value is -0.630. The molecule has 0 aromatic heterocycles. The van der Waals surface area contributed by atoms with Crippen LogP contribution in [-0.2, 0) is 14.3 Å². The van der Waals surface area contributed by atoms with E-state index in [1.165, 1.54) is 0 Å². The summed E-state index contributed by atoms with van der Waals surface area (Å²) in [5, 5.41) is 17.0. The third kappa shape index (κ3) is 4.23. The fourth-order valence-corrected chi connectivity index (χ4v) is 0.541. The summed E-state index contributed by atoms with van der Waals surface area (Å²) in [6.45, 7) is -0.803. The number of esters is 2. The highest BCUT2D eigenvalue weighted by molar-refractivity contribution is 7.80. The molecule has 0 rings (SSSR count). The molecule has 0 aromatic rings. The Labute approximate surface area is 80.1 Å². The zero-order valence-electron chi connectivity index (χ0n) is 6.71. The first kappa shape index (κ1) is 12.4. The first-order valence-electron chi connectivity index (χ1n) is 3.43. The van der Waals surface area contributed by atoms with E-state index < -0.39 is 30.7 Å². The minimum Gasteiger partial charge on any atom is -0.393 e. The molecule has 7 heteroatoms. The van der Waals surface area contributed by atoms with Gasteiger partial charge in [0.1, 0.15) is 6.04 Å². The lowest BCUT2D eigenvalue weighted by Crippen LogP contribution is -2.38. The standard InChI is InChI=1S/C6H11NO5S/c7-3(2-13)5(10)12-6(11)4(9)1-8/h3-4,8-9,13H,1-2,7H2/t3-,4?/m0/s1. The molecule has 1 unspecified atom stereocenters. The van der Waals surface area contributed by atoms with Crippen LogP contribution in [0.1, 0.15) is 0 Å². The van der Waals surface area contributed by atoms with E-state index in [0.717, 1.165) is 0 Å². The van der Waals surface area contributed by atoms with Crippen LogP contribution in [0.4, 0.5) is 0 Å². The highest BCUT2D eigenvalue weighted by atomic mass is 32.1. The lowest BCUT2D eigenvalue weighted by molar-refractivity contribution is -0.167. The molecule has 0 fully saturated rings. The van der Waals surface area contributed by atoms with Crippen LogP contribution in [0.25, 0.3) is 0 Å². The van der Waals surface area contributed by atoms with Gasteiger partial charge < -0.3 is 20.7 Å². The second kappa shape index (κ2) is 5.92. The molecule has 0 aromatic carbocycles. The van der Waals surface area contributed by atoms with Crippen molar-refractivity contribution in [3.8, 4) is 0 Å². The Bertz CT molecular complexity index is 177. The lowest BCUT2D eigenvalue weighted by Gasteiger charge is -2.09. The quantitative estimate of drug-likeness (QED) is 0.235. The van der Waals surface area contributed by atoms with E-state index in [1.807, 2.05) is 0 Å². The first-order chi connectivity index (χ1) is 6.02. The summed E-state index contributed by atoms with van der Waals surface area (Å²) >= 11 is 3.70. The number of carbonyl (C=O) groups excluding carboxylic acids is 2. The predicted octanol–water partition coefficient (Wildman–Crippen LogP) is -2.33. The molecular weight excluding hydrogens is 198 g/mol. The van der Waals surface area contributed by atoms with Crippen molar-refractivity contribution < 1.29 is 24.5 Å². The van der Waals surface area contributed by atoms with Gasteiger partial charge in [-0.15, -0.1) is 0 Å². The summed E-state index contributed by atoms with van der Waals surface area (Å²) in [6.07, 6.45) is -1.71. The molecule has 0 saturated carbocycles. The average molecular weight is 209 g/mol. The van der Waals surface area contributed by atoms with Crippen LogP contribution in [0.2, 0.25) is 0 Å². The van der Waals surface area contributed by atoms with Crippen LogP contribution in [-0.4, -0.2) is 46.7 Å². The third-order valence-corrected chi connectivity index (χ3v) is 1.54. The first-order valence-corrected chi connectivity index (χ1v) is 4.07. The van der Waals surface area contributed by atoms with Crippen molar-refractivity contribution in [2.24, 2.45) is 5.73 Å². The van der Waals surface area contributed by atoms with Crippen LogP contribution in [0.3, 0.4) is 0 Å². The number of thiol groups is 1. The summed E-state index contributed by atoms with van der Waals surface area (Å²) in [5.41, 5.74) is 5.16. The minimum absolute atomic E-state index is 0.0291. The second-order valence-corrected chi connectivity index (χ2v) is 2.59. The van der Waals surface area contributed by atoms with Gasteiger partial charge in [-0.1, -0.05) is 0 Å². The van der Waals surface area contributed by atoms with Gasteiger partial charge in [0.2, 0.25) is 0 Å². The van der Waals surface area contributed by atoms with Gasteiger partial charge in [-0.2, -0.15) is 12.6 Å². The summed E-state index contributed by atoms with van der Waals surface area (Å²) < 4.78 is 4.09. The molecular formula is C6H11NO5S. The Morgan fingerprint density at radius 1 is 1.46 bits per heavy atom. The molecule has 0 aliphatic heterocycles. The van der Waals surface area contributed by atoms with Gasteiger partial charge in [-0.25, -0.2) is 9.59 Å². The topological polar surface area (TPSA) is 110 Å². The van der Waals surface area contributed by atoms with Crippen LogP contribution in [0.15, 0.2) is 0 Å². The Kier molecular flexibility index (Phi) is 5.63. The normalized spacial score (nSPS) is 14.8. The van der Waals surface area contributed by atoms with Crippen molar-refractivity contribution in [3.05, 3.63) is 0 Å². The number of aliphatic hydroxyl groups is 2. The number of nitrogens with two attached hydrogens (primary N) is 1. The van der Waals surface area contributed by atoms with Crippen LogP contribution >= 0.6 is 12.6 Å². The van der Waals surface area contributed by atoms with Gasteiger partial charge in [0.15, 0.2) is 6.10 Å². The lowest BCUT2D eigenvalue weighted by atomic mass is 10.3. The van der Waals surface area contributed by atoms with Gasteiger partial charge in [-0.3, -0.25) is 0 Å². The van der Waals surface area contributed by atoms with E-state index in [-0.39, 0.29) is 5.75 Å². The Morgan fingerprint density at radius 2 is 2.00 bits per heavy atom. The van der Waals surface area contributed by atoms with Crippen molar-refractivity contribution >= 4 is 24.6 Å². The van der Waals surface area contributed by atoms with Crippen molar-refractivity contribution in [3.63, 3.8) is 0 Å². The van der Waals surface area contributed by atoms with Crippen LogP contribution < -0.4 is 5.73 Å². The summed E-state index contributed by atoms with van der Waals surface area (Å²) in [6, 6.07) is -1.02. The summed E-state index contributed by atoms with van der Waals surface area (Å²) in [4.78, 5) is 21.5. The van der Waals surface area contributed by atoms with Gasteiger partial charge in [0, 0.05) is 5.75 Å². The van der Waals surface area contributed by atoms with E-state index in [4.69, 9.17) is 15.9 Å². The maximum Gasteiger partial charge on any atom is 0.345 e. The third-order valence-electron chi connectivity index (χ3n) is 1.15. The van der Waals surface area contributed by atoms with E-state index >= 15 is 0 Å². The van der Waals surface area contributed by atoms with Gasteiger partial charge in [-0.05, 0) is 0 Å². The number of aliphatic hydroxyl groups excluding tert-OH is 2. The monoisotopic (exact) mass is 209 g/mol. The largest absolute Gasteiger partial charge is 0.393 e. The number of rotatable bonds is 4. The molecule has 76 valence electrons. The van der Waals surface area contributed by atoms with Crippen LogP contribution in [0.5, 0.6) is 0 Å². The zero-order valence-corrected chi connectivity index (χ0v) is 7.61. The molecule has 0 bridgehead atoms. The van der Waals surface area contributed by atoms with Crippen molar-refractivity contribution in [1.82, 2.24) is 0 Å². The fraction of sp³-hybridized carbons (Fsp3) is 0.667. The fourth-order valence-electron chi connectivity index (χ4n) is 0.392. The molecule has 4 N–H and O–H groups in total. The predicted molar refractivity (Wildman–Crippen MR) is 46.0 cm³/mol. The molecule has 0 aliphatic rings. The number of ether oxygens (including phenoxy) is 1. The van der Waals surface area contributed by atoms with Gasteiger partial charge >= 0.3 is 11.9 Å². The van der Waals surface area contributed by atoms with E-state index in [9.17, 15) is 9.59 Å². The summed E-state index contributed by atoms with van der Waals surface area (Å²) in [7, 11) is 0. The van der Waals surface area contributed by atoms with Gasteiger partial charge in [0.05, 0.1) is 6.61 Å². The molecule has 0 spiro atoms. The number of hydrogen-bond acceptors (Lipinski definition) is 7. The highest BCUT2D eigenvalue weighted by Crippen LogP contribution is 1.93. The molecule has 6 nitrogen and oxygen atoms in total. The molecule has 0 amide bonds. The smallest absolute Gasteiger partial charge is 0.345 e. The van der Waals surface area contributed by atoms with E-state index in [2.05, 4.69) is 17.4 Å². The molecule has 0 heterocycles. The van der Waals surface area contributed by atoms with E-state index in [0.29, 0.717) is 0 Å². The molecule has 0 saturated heterocycles. The molecule has 13 heavy (non-hydrogen) atoms. The van der Waals surface area contributed by atoms with Crippen molar-refractivity contribution in [2.75, 3.05) is 12.4 Å².